The molecule has 0 aliphatic carbocycles. The van der Waals surface area contributed by atoms with Crippen molar-refractivity contribution in [1.29, 1.82) is 0 Å². The van der Waals surface area contributed by atoms with E-state index in [9.17, 15) is 4.79 Å². The van der Waals surface area contributed by atoms with E-state index >= 15 is 0 Å². The third-order valence-corrected chi connectivity index (χ3v) is 2.95. The smallest absolute Gasteiger partial charge is 0.337 e. The first-order valence-corrected chi connectivity index (χ1v) is 5.85. The molecule has 0 unspecified atom stereocenters. The Labute approximate surface area is 106 Å². The molecule has 1 saturated heterocycles. The molecule has 1 aromatic carbocycles. The number of ether oxygens (including phenoxy) is 3. The van der Waals surface area contributed by atoms with Crippen LogP contribution < -0.4 is 9.64 Å². The van der Waals surface area contributed by atoms with Gasteiger partial charge in [-0.05, 0) is 18.2 Å². The van der Waals surface area contributed by atoms with Gasteiger partial charge in [-0.3, -0.25) is 0 Å². The molecule has 0 N–H and O–H groups in total. The number of carbonyl (C=O) groups is 1. The van der Waals surface area contributed by atoms with Crippen LogP contribution in [0.15, 0.2) is 18.2 Å². The Morgan fingerprint density at radius 1 is 1.28 bits per heavy atom. The number of rotatable bonds is 3. The van der Waals surface area contributed by atoms with Crippen molar-refractivity contribution in [3.05, 3.63) is 23.8 Å². The summed E-state index contributed by atoms with van der Waals surface area (Å²) in [5.74, 6) is 0.321. The first-order valence-electron chi connectivity index (χ1n) is 5.85. The zero-order valence-electron chi connectivity index (χ0n) is 10.6. The lowest BCUT2D eigenvalue weighted by Gasteiger charge is -2.30. The summed E-state index contributed by atoms with van der Waals surface area (Å²) in [5.41, 5.74) is 1.47. The maximum absolute atomic E-state index is 11.5. The van der Waals surface area contributed by atoms with Crippen molar-refractivity contribution in [2.24, 2.45) is 0 Å². The van der Waals surface area contributed by atoms with E-state index in [0.29, 0.717) is 24.5 Å². The normalized spacial score (nSPS) is 15.3. The molecule has 0 aromatic heterocycles. The van der Waals surface area contributed by atoms with Gasteiger partial charge in [-0.15, -0.1) is 0 Å². The molecule has 1 aromatic rings. The van der Waals surface area contributed by atoms with Crippen LogP contribution in [-0.4, -0.2) is 46.5 Å². The second-order valence-corrected chi connectivity index (χ2v) is 3.98. The van der Waals surface area contributed by atoms with Gasteiger partial charge >= 0.3 is 5.97 Å². The molecule has 0 radical (unpaired) electrons. The van der Waals surface area contributed by atoms with Crippen molar-refractivity contribution < 1.29 is 19.0 Å². The number of nitrogens with zero attached hydrogens (tertiary/aromatic N) is 1. The van der Waals surface area contributed by atoms with Crippen LogP contribution in [0, 0.1) is 0 Å². The van der Waals surface area contributed by atoms with E-state index in [2.05, 4.69) is 4.90 Å². The van der Waals surface area contributed by atoms with Gasteiger partial charge in [0, 0.05) is 13.1 Å². The Bertz CT molecular complexity index is 427. The third-order valence-electron chi connectivity index (χ3n) is 2.95. The molecule has 5 nitrogen and oxygen atoms in total. The summed E-state index contributed by atoms with van der Waals surface area (Å²) in [6, 6.07) is 5.34. The summed E-state index contributed by atoms with van der Waals surface area (Å²) in [6.45, 7) is 3.08. The predicted molar refractivity (Wildman–Crippen MR) is 67.4 cm³/mol. The highest BCUT2D eigenvalue weighted by Crippen LogP contribution is 2.30. The first kappa shape index (κ1) is 12.7. The Morgan fingerprint density at radius 3 is 2.61 bits per heavy atom. The van der Waals surface area contributed by atoms with Crippen LogP contribution in [0.4, 0.5) is 5.69 Å². The number of anilines is 1. The van der Waals surface area contributed by atoms with Gasteiger partial charge in [0.15, 0.2) is 0 Å². The molecule has 2 rings (SSSR count). The molecule has 18 heavy (non-hydrogen) atoms. The van der Waals surface area contributed by atoms with Gasteiger partial charge in [0.1, 0.15) is 5.75 Å². The lowest BCUT2D eigenvalue weighted by Crippen LogP contribution is -2.36. The van der Waals surface area contributed by atoms with Gasteiger partial charge < -0.3 is 19.1 Å². The van der Waals surface area contributed by atoms with Gasteiger partial charge in [-0.25, -0.2) is 4.79 Å². The third kappa shape index (κ3) is 2.56. The van der Waals surface area contributed by atoms with E-state index in [1.54, 1.807) is 19.2 Å². The quantitative estimate of drug-likeness (QED) is 0.758. The monoisotopic (exact) mass is 251 g/mol. The van der Waals surface area contributed by atoms with Crippen molar-refractivity contribution in [3.63, 3.8) is 0 Å². The summed E-state index contributed by atoms with van der Waals surface area (Å²) in [7, 11) is 2.96. The summed E-state index contributed by atoms with van der Waals surface area (Å²) >= 11 is 0. The summed E-state index contributed by atoms with van der Waals surface area (Å²) in [4.78, 5) is 13.6. The lowest BCUT2D eigenvalue weighted by atomic mass is 10.1. The molecule has 5 heteroatoms. The highest BCUT2D eigenvalue weighted by Gasteiger charge is 2.17. The first-order chi connectivity index (χ1) is 8.76. The molecule has 0 bridgehead atoms. The Kier molecular flexibility index (Phi) is 4.04. The summed E-state index contributed by atoms with van der Waals surface area (Å²) in [5, 5.41) is 0. The van der Waals surface area contributed by atoms with Gasteiger partial charge in [-0.2, -0.15) is 0 Å². The minimum atomic E-state index is -0.359. The van der Waals surface area contributed by atoms with Gasteiger partial charge in [-0.1, -0.05) is 0 Å². The number of morpholine rings is 1. The number of hydrogen-bond donors (Lipinski definition) is 0. The van der Waals surface area contributed by atoms with E-state index in [-0.39, 0.29) is 5.97 Å². The molecule has 98 valence electrons. The highest BCUT2D eigenvalue weighted by atomic mass is 16.5. The van der Waals surface area contributed by atoms with Crippen molar-refractivity contribution in [1.82, 2.24) is 0 Å². The second-order valence-electron chi connectivity index (χ2n) is 3.98. The van der Waals surface area contributed by atoms with E-state index in [1.165, 1.54) is 7.11 Å². The van der Waals surface area contributed by atoms with E-state index in [0.717, 1.165) is 18.8 Å². The molecule has 0 atom stereocenters. The van der Waals surface area contributed by atoms with Crippen molar-refractivity contribution in [2.45, 2.75) is 0 Å². The van der Waals surface area contributed by atoms with Crippen LogP contribution in [0.3, 0.4) is 0 Å². The zero-order chi connectivity index (χ0) is 13.0. The van der Waals surface area contributed by atoms with E-state index in [1.807, 2.05) is 6.07 Å². The van der Waals surface area contributed by atoms with Crippen LogP contribution in [0.1, 0.15) is 10.4 Å². The largest absolute Gasteiger partial charge is 0.495 e. The Morgan fingerprint density at radius 2 is 2.00 bits per heavy atom. The molecule has 0 saturated carbocycles. The Hall–Kier alpha value is -1.75. The van der Waals surface area contributed by atoms with Gasteiger partial charge in [0.05, 0.1) is 38.7 Å². The van der Waals surface area contributed by atoms with Crippen molar-refractivity contribution in [3.8, 4) is 5.75 Å². The fraction of sp³-hybridized carbons (Fsp3) is 0.462. The zero-order valence-corrected chi connectivity index (χ0v) is 10.6. The Balaban J connectivity index is 2.27. The summed E-state index contributed by atoms with van der Waals surface area (Å²) in [6.07, 6.45) is 0. The van der Waals surface area contributed by atoms with E-state index in [4.69, 9.17) is 14.2 Å². The van der Waals surface area contributed by atoms with Crippen LogP contribution >= 0.6 is 0 Å². The number of esters is 1. The second kappa shape index (κ2) is 5.73. The van der Waals surface area contributed by atoms with E-state index < -0.39 is 0 Å². The lowest BCUT2D eigenvalue weighted by molar-refractivity contribution is 0.0600. The molecule has 1 fully saturated rings. The molecule has 1 aliphatic rings. The molecular weight excluding hydrogens is 234 g/mol. The fourth-order valence-corrected chi connectivity index (χ4v) is 1.99. The molecule has 0 spiro atoms. The summed E-state index contributed by atoms with van der Waals surface area (Å²) < 4.78 is 15.4. The van der Waals surface area contributed by atoms with Crippen LogP contribution in [-0.2, 0) is 9.47 Å². The van der Waals surface area contributed by atoms with Gasteiger partial charge in [0.25, 0.3) is 0 Å². The molecular formula is C13H17NO4. The average molecular weight is 251 g/mol. The number of hydrogen-bond acceptors (Lipinski definition) is 5. The number of methoxy groups -OCH3 is 2. The molecule has 1 heterocycles. The number of carbonyl (C=O) groups excluding carboxylic acids is 1. The van der Waals surface area contributed by atoms with Crippen LogP contribution in [0.2, 0.25) is 0 Å². The number of benzene rings is 1. The van der Waals surface area contributed by atoms with Crippen molar-refractivity contribution >= 4 is 11.7 Å². The molecule has 0 amide bonds. The van der Waals surface area contributed by atoms with Gasteiger partial charge in [0.2, 0.25) is 0 Å². The average Bonchev–Trinajstić information content (AvgIpc) is 2.46. The topological polar surface area (TPSA) is 48.0 Å². The van der Waals surface area contributed by atoms with Crippen LogP contribution in [0.25, 0.3) is 0 Å². The highest BCUT2D eigenvalue weighted by molar-refractivity contribution is 5.90. The minimum absolute atomic E-state index is 0.359. The fourth-order valence-electron chi connectivity index (χ4n) is 1.99. The van der Waals surface area contributed by atoms with Crippen LogP contribution in [0.5, 0.6) is 5.75 Å². The minimum Gasteiger partial charge on any atom is -0.495 e. The maximum Gasteiger partial charge on any atom is 0.337 e. The SMILES string of the molecule is COC(=O)c1ccc(N2CCOCC2)c(OC)c1. The maximum atomic E-state index is 11.5. The predicted octanol–water partition coefficient (Wildman–Crippen LogP) is 1.32. The molecule has 1 aliphatic heterocycles. The van der Waals surface area contributed by atoms with Crippen molar-refractivity contribution in [2.75, 3.05) is 45.4 Å². The standard InChI is InChI=1S/C13H17NO4/c1-16-12-9-10(13(15)17-2)3-4-11(12)14-5-7-18-8-6-14/h3-4,9H,5-8H2,1-2H3.